The van der Waals surface area contributed by atoms with Crippen molar-refractivity contribution >= 4 is 34.1 Å². The van der Waals surface area contributed by atoms with E-state index < -0.39 is 0 Å². The molecule has 0 unspecified atom stereocenters. The van der Waals surface area contributed by atoms with Crippen LogP contribution in [0.15, 0.2) is 59.4 Å². The van der Waals surface area contributed by atoms with Crippen molar-refractivity contribution < 1.29 is 9.53 Å². The number of nitrogens with one attached hydrogen (secondary N) is 1. The Morgan fingerprint density at radius 2 is 1.96 bits per heavy atom. The molecular formula is C19H17ClN2O3. The molecular weight excluding hydrogens is 340 g/mol. The van der Waals surface area contributed by atoms with Gasteiger partial charge in [-0.25, -0.2) is 0 Å². The molecule has 0 atom stereocenters. The van der Waals surface area contributed by atoms with Crippen LogP contribution in [0.2, 0.25) is 5.02 Å². The number of hydrogen-bond acceptors (Lipinski definition) is 3. The summed E-state index contributed by atoms with van der Waals surface area (Å²) in [7, 11) is 0. The normalized spacial score (nSPS) is 10.6. The molecule has 25 heavy (non-hydrogen) atoms. The van der Waals surface area contributed by atoms with Crippen LogP contribution < -0.4 is 15.6 Å². The molecule has 1 aromatic heterocycles. The lowest BCUT2D eigenvalue weighted by atomic mass is 10.2. The average Bonchev–Trinajstić information content (AvgIpc) is 2.60. The van der Waals surface area contributed by atoms with Crippen LogP contribution in [0, 0.1) is 0 Å². The van der Waals surface area contributed by atoms with E-state index >= 15 is 0 Å². The first kappa shape index (κ1) is 17.0. The minimum atomic E-state index is -0.328. The maximum atomic E-state index is 12.2. The van der Waals surface area contributed by atoms with E-state index in [-0.39, 0.29) is 18.1 Å². The maximum Gasteiger partial charge on any atom is 0.262 e. The van der Waals surface area contributed by atoms with Crippen LogP contribution in [0.4, 0.5) is 5.69 Å². The number of aryl methyl sites for hydroxylation is 1. The zero-order valence-corrected chi connectivity index (χ0v) is 14.4. The summed E-state index contributed by atoms with van der Waals surface area (Å²) in [6, 6.07) is 15.7. The van der Waals surface area contributed by atoms with Crippen molar-refractivity contribution in [2.45, 2.75) is 13.5 Å². The first-order valence-corrected chi connectivity index (χ1v) is 8.27. The van der Waals surface area contributed by atoms with Crippen molar-refractivity contribution in [2.24, 2.45) is 0 Å². The van der Waals surface area contributed by atoms with E-state index in [0.717, 1.165) is 10.9 Å². The molecule has 0 saturated carbocycles. The summed E-state index contributed by atoms with van der Waals surface area (Å²) in [5, 5.41) is 4.03. The Labute approximate surface area is 149 Å². The number of nitrogens with zero attached hydrogens (tertiary/aromatic N) is 1. The highest BCUT2D eigenvalue weighted by Gasteiger charge is 2.10. The van der Waals surface area contributed by atoms with Gasteiger partial charge < -0.3 is 14.6 Å². The summed E-state index contributed by atoms with van der Waals surface area (Å²) in [6.45, 7) is 2.27. The molecule has 0 radical (unpaired) electrons. The highest BCUT2D eigenvalue weighted by Crippen LogP contribution is 2.23. The third kappa shape index (κ3) is 3.83. The SMILES string of the molecule is CCn1c(=O)cc(OCC(=O)Nc2cccc(Cl)c2)c2ccccc21. The van der Waals surface area contributed by atoms with Gasteiger partial charge in [-0.3, -0.25) is 9.59 Å². The van der Waals surface area contributed by atoms with Crippen molar-refractivity contribution in [3.8, 4) is 5.75 Å². The number of fused-ring (bicyclic) bond motifs is 1. The Morgan fingerprint density at radius 1 is 1.16 bits per heavy atom. The van der Waals surface area contributed by atoms with Crippen LogP contribution in [0.5, 0.6) is 5.75 Å². The summed E-state index contributed by atoms with van der Waals surface area (Å²) >= 11 is 5.89. The Bertz CT molecular complexity index is 982. The molecule has 1 amide bonds. The predicted molar refractivity (Wildman–Crippen MR) is 99.5 cm³/mol. The lowest BCUT2D eigenvalue weighted by Gasteiger charge is -2.13. The number of rotatable bonds is 5. The highest BCUT2D eigenvalue weighted by atomic mass is 35.5. The lowest BCUT2D eigenvalue weighted by Crippen LogP contribution is -2.22. The van der Waals surface area contributed by atoms with E-state index in [1.54, 1.807) is 28.8 Å². The summed E-state index contributed by atoms with van der Waals surface area (Å²) in [5.74, 6) is 0.0672. The van der Waals surface area contributed by atoms with Gasteiger partial charge in [-0.05, 0) is 37.3 Å². The molecule has 2 aromatic carbocycles. The first-order chi connectivity index (χ1) is 12.1. The molecule has 0 aliphatic heterocycles. The lowest BCUT2D eigenvalue weighted by molar-refractivity contribution is -0.118. The van der Waals surface area contributed by atoms with E-state index in [9.17, 15) is 9.59 Å². The van der Waals surface area contributed by atoms with E-state index in [0.29, 0.717) is 23.0 Å². The number of hydrogen-bond donors (Lipinski definition) is 1. The summed E-state index contributed by atoms with van der Waals surface area (Å²) in [5.41, 5.74) is 1.21. The Balaban J connectivity index is 1.79. The third-order valence-electron chi connectivity index (χ3n) is 3.76. The van der Waals surface area contributed by atoms with Gasteiger partial charge in [0.05, 0.1) is 5.52 Å². The zero-order valence-electron chi connectivity index (χ0n) is 13.7. The fourth-order valence-electron chi connectivity index (χ4n) is 2.66. The summed E-state index contributed by atoms with van der Waals surface area (Å²) in [4.78, 5) is 24.3. The van der Waals surface area contributed by atoms with Crippen LogP contribution in [0.25, 0.3) is 10.9 Å². The Morgan fingerprint density at radius 3 is 2.72 bits per heavy atom. The minimum absolute atomic E-state index is 0.161. The highest BCUT2D eigenvalue weighted by molar-refractivity contribution is 6.30. The topological polar surface area (TPSA) is 60.3 Å². The number of carbonyl (C=O) groups is 1. The van der Waals surface area contributed by atoms with Crippen molar-refractivity contribution in [3.63, 3.8) is 0 Å². The van der Waals surface area contributed by atoms with Crippen LogP contribution in [0.3, 0.4) is 0 Å². The van der Waals surface area contributed by atoms with E-state index in [4.69, 9.17) is 16.3 Å². The zero-order chi connectivity index (χ0) is 17.8. The summed E-state index contributed by atoms with van der Waals surface area (Å²) in [6.07, 6.45) is 0. The van der Waals surface area contributed by atoms with Gasteiger partial charge in [-0.1, -0.05) is 29.8 Å². The van der Waals surface area contributed by atoms with Crippen molar-refractivity contribution in [1.82, 2.24) is 4.57 Å². The number of amides is 1. The fourth-order valence-corrected chi connectivity index (χ4v) is 2.85. The summed E-state index contributed by atoms with van der Waals surface area (Å²) < 4.78 is 7.27. The molecule has 6 heteroatoms. The van der Waals surface area contributed by atoms with Gasteiger partial charge in [-0.15, -0.1) is 0 Å². The molecule has 0 fully saturated rings. The monoisotopic (exact) mass is 356 g/mol. The van der Waals surface area contributed by atoms with Gasteiger partial charge >= 0.3 is 0 Å². The molecule has 0 saturated heterocycles. The number of aromatic nitrogens is 1. The maximum absolute atomic E-state index is 12.2. The molecule has 1 N–H and O–H groups in total. The van der Waals surface area contributed by atoms with Gasteiger partial charge in [0.1, 0.15) is 5.75 Å². The van der Waals surface area contributed by atoms with Crippen molar-refractivity contribution in [3.05, 3.63) is 70.0 Å². The van der Waals surface area contributed by atoms with Crippen LogP contribution in [-0.4, -0.2) is 17.1 Å². The molecule has 3 rings (SSSR count). The molecule has 5 nitrogen and oxygen atoms in total. The van der Waals surface area contributed by atoms with Gasteiger partial charge in [-0.2, -0.15) is 0 Å². The second-order valence-electron chi connectivity index (χ2n) is 5.46. The third-order valence-corrected chi connectivity index (χ3v) is 4.00. The smallest absolute Gasteiger partial charge is 0.262 e. The molecule has 1 heterocycles. The van der Waals surface area contributed by atoms with E-state index in [2.05, 4.69) is 5.32 Å². The number of benzene rings is 2. The standard InChI is InChI=1S/C19H17ClN2O3/c1-2-22-16-9-4-3-8-15(16)17(11-19(22)24)25-12-18(23)21-14-7-5-6-13(20)10-14/h3-11H,2,12H2,1H3,(H,21,23). The number of pyridine rings is 1. The van der Waals surface area contributed by atoms with Crippen LogP contribution in [0.1, 0.15) is 6.92 Å². The average molecular weight is 357 g/mol. The number of anilines is 1. The van der Waals surface area contributed by atoms with E-state index in [1.807, 2.05) is 31.2 Å². The number of ether oxygens (including phenoxy) is 1. The van der Waals surface area contributed by atoms with Gasteiger partial charge in [0.25, 0.3) is 11.5 Å². The second-order valence-corrected chi connectivity index (χ2v) is 5.89. The Kier molecular flexibility index (Phi) is 5.05. The van der Waals surface area contributed by atoms with Gasteiger partial charge in [0.2, 0.25) is 0 Å². The first-order valence-electron chi connectivity index (χ1n) is 7.89. The quantitative estimate of drug-likeness (QED) is 0.758. The number of halogens is 1. The molecule has 0 aliphatic rings. The predicted octanol–water partition coefficient (Wildman–Crippen LogP) is 3.69. The molecule has 3 aromatic rings. The second kappa shape index (κ2) is 7.40. The molecule has 0 spiro atoms. The van der Waals surface area contributed by atoms with Crippen LogP contribution in [-0.2, 0) is 11.3 Å². The largest absolute Gasteiger partial charge is 0.483 e. The van der Waals surface area contributed by atoms with E-state index in [1.165, 1.54) is 6.07 Å². The van der Waals surface area contributed by atoms with Gasteiger partial charge in [0, 0.05) is 28.7 Å². The van der Waals surface area contributed by atoms with Crippen molar-refractivity contribution in [1.29, 1.82) is 0 Å². The Hall–Kier alpha value is -2.79. The van der Waals surface area contributed by atoms with Crippen LogP contribution >= 0.6 is 11.6 Å². The number of para-hydroxylation sites is 1. The fraction of sp³-hybridized carbons (Fsp3) is 0.158. The molecule has 0 bridgehead atoms. The van der Waals surface area contributed by atoms with Crippen molar-refractivity contribution in [2.75, 3.05) is 11.9 Å². The minimum Gasteiger partial charge on any atom is -0.483 e. The number of carbonyl (C=O) groups excluding carboxylic acids is 1. The molecule has 128 valence electrons. The molecule has 0 aliphatic carbocycles. The van der Waals surface area contributed by atoms with Gasteiger partial charge in [0.15, 0.2) is 6.61 Å².